The first-order valence-electron chi connectivity index (χ1n) is 6.58. The number of amides is 1. The molecule has 2 atom stereocenters. The maximum Gasteiger partial charge on any atom is 0.222 e. The van der Waals surface area contributed by atoms with Crippen LogP contribution in [0.15, 0.2) is 0 Å². The smallest absolute Gasteiger partial charge is 0.222 e. The van der Waals surface area contributed by atoms with E-state index in [4.69, 9.17) is 0 Å². The Morgan fingerprint density at radius 2 is 1.94 bits per heavy atom. The molecule has 0 bridgehead atoms. The first-order valence-corrected chi connectivity index (χ1v) is 6.58. The van der Waals surface area contributed by atoms with E-state index in [2.05, 4.69) is 5.32 Å². The van der Waals surface area contributed by atoms with E-state index in [-0.39, 0.29) is 24.3 Å². The van der Waals surface area contributed by atoms with Crippen LogP contribution in [0, 0.1) is 5.92 Å². The van der Waals surface area contributed by atoms with Gasteiger partial charge in [-0.2, -0.15) is 0 Å². The van der Waals surface area contributed by atoms with Crippen molar-refractivity contribution in [1.82, 2.24) is 5.32 Å². The molecule has 100 valence electrons. The molecule has 0 aromatic carbocycles. The predicted molar refractivity (Wildman–Crippen MR) is 66.5 cm³/mol. The Bertz CT molecular complexity index is 247. The second-order valence-electron chi connectivity index (χ2n) is 5.60. The lowest BCUT2D eigenvalue weighted by Gasteiger charge is -2.22. The van der Waals surface area contributed by atoms with Crippen molar-refractivity contribution in [2.75, 3.05) is 6.54 Å². The Balaban J connectivity index is 2.21. The highest BCUT2D eigenvalue weighted by Crippen LogP contribution is 2.32. The highest BCUT2D eigenvalue weighted by molar-refractivity contribution is 5.77. The van der Waals surface area contributed by atoms with E-state index in [9.17, 15) is 15.0 Å². The molecule has 0 aromatic rings. The van der Waals surface area contributed by atoms with Gasteiger partial charge in [-0.15, -0.1) is 0 Å². The fraction of sp³-hybridized carbons (Fsp3) is 0.923. The van der Waals surface area contributed by atoms with Gasteiger partial charge in [0.1, 0.15) is 0 Å². The van der Waals surface area contributed by atoms with Gasteiger partial charge in [-0.1, -0.05) is 19.8 Å². The van der Waals surface area contributed by atoms with E-state index in [1.807, 2.05) is 6.92 Å². The van der Waals surface area contributed by atoms with Gasteiger partial charge >= 0.3 is 0 Å². The summed E-state index contributed by atoms with van der Waals surface area (Å²) in [6.07, 6.45) is 4.08. The number of hydrogen-bond donors (Lipinski definition) is 3. The lowest BCUT2D eigenvalue weighted by atomic mass is 9.97. The zero-order valence-electron chi connectivity index (χ0n) is 10.9. The maximum absolute atomic E-state index is 11.7. The molecule has 1 aliphatic carbocycles. The van der Waals surface area contributed by atoms with Crippen LogP contribution in [-0.2, 0) is 4.79 Å². The molecule has 1 fully saturated rings. The maximum atomic E-state index is 11.7. The normalized spacial score (nSPS) is 22.1. The molecule has 0 heterocycles. The quantitative estimate of drug-likeness (QED) is 0.656. The van der Waals surface area contributed by atoms with Crippen molar-refractivity contribution in [2.24, 2.45) is 5.92 Å². The van der Waals surface area contributed by atoms with E-state index < -0.39 is 5.60 Å². The largest absolute Gasteiger partial charge is 0.393 e. The fourth-order valence-corrected chi connectivity index (χ4v) is 2.52. The summed E-state index contributed by atoms with van der Waals surface area (Å²) in [4.78, 5) is 11.7. The van der Waals surface area contributed by atoms with Crippen LogP contribution in [0.3, 0.4) is 0 Å². The molecule has 1 amide bonds. The second kappa shape index (κ2) is 6.36. The van der Waals surface area contributed by atoms with Gasteiger partial charge in [0, 0.05) is 6.54 Å². The van der Waals surface area contributed by atoms with Crippen LogP contribution >= 0.6 is 0 Å². The minimum atomic E-state index is -0.766. The number of nitrogens with one attached hydrogen (secondary N) is 1. The van der Waals surface area contributed by atoms with E-state index in [0.29, 0.717) is 13.0 Å². The van der Waals surface area contributed by atoms with Gasteiger partial charge in [-0.05, 0) is 32.1 Å². The number of aliphatic hydroxyl groups is 2. The molecule has 4 nitrogen and oxygen atoms in total. The van der Waals surface area contributed by atoms with Crippen LogP contribution < -0.4 is 5.32 Å². The van der Waals surface area contributed by atoms with Crippen molar-refractivity contribution in [3.63, 3.8) is 0 Å². The minimum Gasteiger partial charge on any atom is -0.393 e. The van der Waals surface area contributed by atoms with Gasteiger partial charge in [0.2, 0.25) is 5.91 Å². The molecule has 17 heavy (non-hydrogen) atoms. The average Bonchev–Trinajstić information content (AvgIpc) is 2.61. The Morgan fingerprint density at radius 3 is 2.47 bits per heavy atom. The van der Waals surface area contributed by atoms with Crippen LogP contribution in [0.5, 0.6) is 0 Å². The molecule has 0 spiro atoms. The summed E-state index contributed by atoms with van der Waals surface area (Å²) >= 11 is 0. The Labute approximate surface area is 103 Å². The van der Waals surface area contributed by atoms with E-state index in [1.165, 1.54) is 0 Å². The molecule has 0 aliphatic heterocycles. The fourth-order valence-electron chi connectivity index (χ4n) is 2.52. The van der Waals surface area contributed by atoms with Crippen LogP contribution in [0.25, 0.3) is 0 Å². The van der Waals surface area contributed by atoms with Crippen molar-refractivity contribution in [1.29, 1.82) is 0 Å². The summed E-state index contributed by atoms with van der Waals surface area (Å²) < 4.78 is 0. The van der Waals surface area contributed by atoms with Crippen molar-refractivity contribution in [3.8, 4) is 0 Å². The third-order valence-electron chi connectivity index (χ3n) is 3.42. The molecule has 0 saturated heterocycles. The summed E-state index contributed by atoms with van der Waals surface area (Å²) in [5.74, 6) is 0.184. The van der Waals surface area contributed by atoms with Crippen molar-refractivity contribution in [3.05, 3.63) is 0 Å². The van der Waals surface area contributed by atoms with Crippen LogP contribution in [0.1, 0.15) is 52.4 Å². The molecular weight excluding hydrogens is 218 g/mol. The summed E-state index contributed by atoms with van der Waals surface area (Å²) in [5.41, 5.74) is -0.766. The second-order valence-corrected chi connectivity index (χ2v) is 5.60. The van der Waals surface area contributed by atoms with E-state index in [1.54, 1.807) is 6.92 Å². The monoisotopic (exact) mass is 243 g/mol. The average molecular weight is 243 g/mol. The highest BCUT2D eigenvalue weighted by Gasteiger charge is 2.33. The van der Waals surface area contributed by atoms with Gasteiger partial charge in [0.05, 0.1) is 18.1 Å². The highest BCUT2D eigenvalue weighted by atomic mass is 16.3. The molecule has 0 aromatic heterocycles. The van der Waals surface area contributed by atoms with Gasteiger partial charge in [-0.3, -0.25) is 4.79 Å². The van der Waals surface area contributed by atoms with Crippen LogP contribution in [0.4, 0.5) is 0 Å². The van der Waals surface area contributed by atoms with Crippen molar-refractivity contribution in [2.45, 2.75) is 64.1 Å². The Hall–Kier alpha value is -0.610. The Morgan fingerprint density at radius 1 is 1.35 bits per heavy atom. The molecular formula is C13H25NO3. The minimum absolute atomic E-state index is 0.0770. The topological polar surface area (TPSA) is 69.6 Å². The van der Waals surface area contributed by atoms with Gasteiger partial charge < -0.3 is 15.5 Å². The standard InChI is InChI=1S/C13H25NO3/c1-10(7-11(2)15)9-14-12(16)8-13(17)5-3-4-6-13/h10-11,15,17H,3-9H2,1-2H3,(H,14,16). The Kier molecular flexibility index (Phi) is 5.40. The number of hydrogen-bond acceptors (Lipinski definition) is 3. The predicted octanol–water partition coefficient (Wildman–Crippen LogP) is 1.20. The lowest BCUT2D eigenvalue weighted by Crippen LogP contribution is -2.36. The van der Waals surface area contributed by atoms with Crippen molar-refractivity contribution >= 4 is 5.91 Å². The molecule has 3 N–H and O–H groups in total. The molecule has 2 unspecified atom stereocenters. The summed E-state index contributed by atoms with van der Waals surface area (Å²) in [6, 6.07) is 0. The third-order valence-corrected chi connectivity index (χ3v) is 3.42. The first kappa shape index (κ1) is 14.5. The first-order chi connectivity index (χ1) is 7.91. The summed E-state index contributed by atoms with van der Waals surface area (Å²) in [7, 11) is 0. The molecule has 1 saturated carbocycles. The lowest BCUT2D eigenvalue weighted by molar-refractivity contribution is -0.126. The SMILES string of the molecule is CC(O)CC(C)CNC(=O)CC1(O)CCCC1. The van der Waals surface area contributed by atoms with E-state index in [0.717, 1.165) is 25.7 Å². The van der Waals surface area contributed by atoms with Gasteiger partial charge in [0.25, 0.3) is 0 Å². The number of carbonyl (C=O) groups excluding carboxylic acids is 1. The zero-order valence-corrected chi connectivity index (χ0v) is 10.9. The van der Waals surface area contributed by atoms with Gasteiger partial charge in [-0.25, -0.2) is 0 Å². The van der Waals surface area contributed by atoms with Crippen LogP contribution in [-0.4, -0.2) is 34.4 Å². The molecule has 4 heteroatoms. The summed E-state index contributed by atoms with van der Waals surface area (Å²) in [5, 5.41) is 22.1. The zero-order chi connectivity index (χ0) is 12.9. The molecule has 1 aliphatic rings. The third kappa shape index (κ3) is 5.50. The molecule has 1 rings (SSSR count). The van der Waals surface area contributed by atoms with Gasteiger partial charge in [0.15, 0.2) is 0 Å². The van der Waals surface area contributed by atoms with E-state index >= 15 is 0 Å². The van der Waals surface area contributed by atoms with Crippen molar-refractivity contribution < 1.29 is 15.0 Å². The number of aliphatic hydroxyl groups excluding tert-OH is 1. The molecule has 0 radical (unpaired) electrons. The van der Waals surface area contributed by atoms with Crippen LogP contribution in [0.2, 0.25) is 0 Å². The summed E-state index contributed by atoms with van der Waals surface area (Å²) in [6.45, 7) is 4.32. The number of carbonyl (C=O) groups is 1. The number of rotatable bonds is 6.